The van der Waals surface area contributed by atoms with Crippen molar-refractivity contribution in [3.8, 4) is 5.19 Å². The molecule has 2 aliphatic heterocycles. The molecule has 130 valence electrons. The molecule has 0 saturated carbocycles. The maximum atomic E-state index is 12.2. The average Bonchev–Trinajstić information content (AvgIpc) is 2.93. The zero-order chi connectivity index (χ0) is 16.3. The molecule has 2 aliphatic rings. The van der Waals surface area contributed by atoms with Gasteiger partial charge in [0, 0.05) is 30.9 Å². The molecule has 0 radical (unpaired) electrons. The van der Waals surface area contributed by atoms with Crippen LogP contribution in [0.5, 0.6) is 5.19 Å². The number of hydrogen-bond acceptors (Lipinski definition) is 6. The first-order valence-electron chi connectivity index (χ1n) is 7.63. The average molecular weight is 352 g/mol. The molecule has 5 nitrogen and oxygen atoms in total. The molecule has 3 rings (SSSR count). The van der Waals surface area contributed by atoms with Crippen molar-refractivity contribution in [2.45, 2.75) is 38.3 Å². The van der Waals surface area contributed by atoms with Gasteiger partial charge in [-0.3, -0.25) is 4.90 Å². The normalized spacial score (nSPS) is 20.5. The van der Waals surface area contributed by atoms with Crippen molar-refractivity contribution in [3.05, 3.63) is 10.6 Å². The number of fused-ring (bicyclic) bond motifs is 1. The number of thiazole rings is 1. The molecule has 1 fully saturated rings. The molecule has 0 amide bonds. The minimum atomic E-state index is -4.34. The van der Waals surface area contributed by atoms with Crippen LogP contribution in [0.25, 0.3) is 0 Å². The summed E-state index contributed by atoms with van der Waals surface area (Å²) in [6.45, 7) is 2.50. The minimum Gasteiger partial charge on any atom is -0.460 e. The quantitative estimate of drug-likeness (QED) is 0.815. The van der Waals surface area contributed by atoms with Crippen molar-refractivity contribution in [2.75, 3.05) is 32.9 Å². The van der Waals surface area contributed by atoms with E-state index in [0.29, 0.717) is 6.54 Å². The third kappa shape index (κ3) is 5.03. The molecule has 0 N–H and O–H groups in total. The number of hydrogen-bond donors (Lipinski definition) is 0. The van der Waals surface area contributed by atoms with Crippen LogP contribution in [0, 0.1) is 0 Å². The van der Waals surface area contributed by atoms with Crippen molar-refractivity contribution < 1.29 is 27.4 Å². The fourth-order valence-electron chi connectivity index (χ4n) is 2.62. The topological polar surface area (TPSA) is 43.8 Å². The SMILES string of the molecule is FC(F)(F)COc1nc2c(s1)CCN(CCC1OCCCO1)C2. The van der Waals surface area contributed by atoms with E-state index in [1.807, 2.05) is 0 Å². The Kier molecular flexibility index (Phi) is 5.40. The van der Waals surface area contributed by atoms with Gasteiger partial charge in [-0.15, -0.1) is 0 Å². The molecular weight excluding hydrogens is 333 g/mol. The van der Waals surface area contributed by atoms with Crippen LogP contribution in [0.3, 0.4) is 0 Å². The Morgan fingerprint density at radius 2 is 2.09 bits per heavy atom. The summed E-state index contributed by atoms with van der Waals surface area (Å²) < 4.78 is 52.3. The lowest BCUT2D eigenvalue weighted by atomic mass is 10.2. The van der Waals surface area contributed by atoms with Crippen LogP contribution in [0.15, 0.2) is 0 Å². The van der Waals surface area contributed by atoms with Gasteiger partial charge in [0.25, 0.3) is 5.19 Å². The number of halogens is 3. The number of rotatable bonds is 5. The van der Waals surface area contributed by atoms with Gasteiger partial charge in [0.2, 0.25) is 0 Å². The van der Waals surface area contributed by atoms with Gasteiger partial charge >= 0.3 is 6.18 Å². The molecule has 23 heavy (non-hydrogen) atoms. The molecule has 1 aromatic heterocycles. The summed E-state index contributed by atoms with van der Waals surface area (Å²) in [6, 6.07) is 0. The van der Waals surface area contributed by atoms with Gasteiger partial charge in [0.15, 0.2) is 12.9 Å². The van der Waals surface area contributed by atoms with Crippen molar-refractivity contribution in [1.29, 1.82) is 0 Å². The Hall–Kier alpha value is -0.900. The van der Waals surface area contributed by atoms with Crippen LogP contribution in [0.2, 0.25) is 0 Å². The fraction of sp³-hybridized carbons (Fsp3) is 0.786. The van der Waals surface area contributed by atoms with E-state index in [1.165, 1.54) is 11.3 Å². The molecule has 0 unspecified atom stereocenters. The summed E-state index contributed by atoms with van der Waals surface area (Å²) in [6.07, 6.45) is -1.97. The Morgan fingerprint density at radius 1 is 1.30 bits per heavy atom. The third-order valence-corrected chi connectivity index (χ3v) is 4.79. The molecule has 0 spiro atoms. The second-order valence-corrected chi connectivity index (χ2v) is 6.64. The number of ether oxygens (including phenoxy) is 3. The van der Waals surface area contributed by atoms with Crippen LogP contribution < -0.4 is 4.74 Å². The summed E-state index contributed by atoms with van der Waals surface area (Å²) in [4.78, 5) is 7.43. The molecule has 9 heteroatoms. The van der Waals surface area contributed by atoms with Crippen LogP contribution >= 0.6 is 11.3 Å². The van der Waals surface area contributed by atoms with E-state index in [9.17, 15) is 13.2 Å². The Bertz CT molecular complexity index is 518. The predicted octanol–water partition coefficient (Wildman–Crippen LogP) is 2.60. The van der Waals surface area contributed by atoms with Crippen molar-refractivity contribution in [3.63, 3.8) is 0 Å². The fourth-order valence-corrected chi connectivity index (χ4v) is 3.52. The second kappa shape index (κ2) is 7.33. The summed E-state index contributed by atoms with van der Waals surface area (Å²) in [5, 5.41) is 0.105. The van der Waals surface area contributed by atoms with Crippen LogP contribution in [0.1, 0.15) is 23.4 Å². The zero-order valence-electron chi connectivity index (χ0n) is 12.6. The molecule has 1 aromatic rings. The van der Waals surface area contributed by atoms with Crippen molar-refractivity contribution in [1.82, 2.24) is 9.88 Å². The standard InChI is InChI=1S/C14H19F3N2O3S/c15-14(16,17)9-22-13-18-10-8-19(4-2-11(10)23-13)5-3-12-20-6-1-7-21-12/h12H,1-9H2. The lowest BCUT2D eigenvalue weighted by Gasteiger charge is -2.29. The number of nitrogens with zero attached hydrogens (tertiary/aromatic N) is 2. The van der Waals surface area contributed by atoms with E-state index < -0.39 is 12.8 Å². The minimum absolute atomic E-state index is 0.105. The number of alkyl halides is 3. The van der Waals surface area contributed by atoms with E-state index in [4.69, 9.17) is 14.2 Å². The largest absolute Gasteiger partial charge is 0.460 e. The lowest BCUT2D eigenvalue weighted by molar-refractivity contribution is -0.182. The van der Waals surface area contributed by atoms with Gasteiger partial charge in [-0.25, -0.2) is 4.98 Å². The van der Waals surface area contributed by atoms with Gasteiger partial charge in [0.05, 0.1) is 18.9 Å². The summed E-state index contributed by atoms with van der Waals surface area (Å²) in [7, 11) is 0. The van der Waals surface area contributed by atoms with Gasteiger partial charge in [-0.2, -0.15) is 13.2 Å². The van der Waals surface area contributed by atoms with Gasteiger partial charge in [-0.1, -0.05) is 11.3 Å². The highest BCUT2D eigenvalue weighted by atomic mass is 32.1. The maximum Gasteiger partial charge on any atom is 0.422 e. The Morgan fingerprint density at radius 3 is 2.83 bits per heavy atom. The first-order chi connectivity index (χ1) is 11.0. The van der Waals surface area contributed by atoms with Crippen LogP contribution in [-0.4, -0.2) is 55.3 Å². The first-order valence-corrected chi connectivity index (χ1v) is 8.45. The van der Waals surface area contributed by atoms with Gasteiger partial charge < -0.3 is 14.2 Å². The number of aromatic nitrogens is 1. The molecule has 0 aromatic carbocycles. The first kappa shape index (κ1) is 16.9. The van der Waals surface area contributed by atoms with E-state index in [2.05, 4.69) is 9.88 Å². The monoisotopic (exact) mass is 352 g/mol. The Balaban J connectivity index is 1.48. The molecular formula is C14H19F3N2O3S. The summed E-state index contributed by atoms with van der Waals surface area (Å²) in [5.41, 5.74) is 0.823. The van der Waals surface area contributed by atoms with E-state index in [1.54, 1.807) is 0 Å². The highest BCUT2D eigenvalue weighted by Crippen LogP contribution is 2.31. The highest BCUT2D eigenvalue weighted by Gasteiger charge is 2.30. The Labute approximate surface area is 136 Å². The van der Waals surface area contributed by atoms with Crippen molar-refractivity contribution in [2.24, 2.45) is 0 Å². The third-order valence-electron chi connectivity index (χ3n) is 3.72. The molecule has 1 saturated heterocycles. The second-order valence-electron chi connectivity index (χ2n) is 5.59. The lowest BCUT2D eigenvalue weighted by Crippen LogP contribution is -2.34. The predicted molar refractivity (Wildman–Crippen MR) is 77.6 cm³/mol. The summed E-state index contributed by atoms with van der Waals surface area (Å²) in [5.74, 6) is 0. The van der Waals surface area contributed by atoms with Gasteiger partial charge in [0.1, 0.15) is 0 Å². The maximum absolute atomic E-state index is 12.2. The van der Waals surface area contributed by atoms with E-state index in [0.717, 1.165) is 56.1 Å². The molecule has 0 bridgehead atoms. The molecule has 3 heterocycles. The van der Waals surface area contributed by atoms with E-state index in [-0.39, 0.29) is 11.5 Å². The van der Waals surface area contributed by atoms with Crippen LogP contribution in [-0.2, 0) is 22.4 Å². The smallest absolute Gasteiger partial charge is 0.422 e. The highest BCUT2D eigenvalue weighted by molar-refractivity contribution is 7.13. The van der Waals surface area contributed by atoms with E-state index >= 15 is 0 Å². The van der Waals surface area contributed by atoms with Crippen LogP contribution in [0.4, 0.5) is 13.2 Å². The molecule has 0 aliphatic carbocycles. The molecule has 0 atom stereocenters. The summed E-state index contributed by atoms with van der Waals surface area (Å²) >= 11 is 1.21. The van der Waals surface area contributed by atoms with Crippen molar-refractivity contribution >= 4 is 11.3 Å². The van der Waals surface area contributed by atoms with Gasteiger partial charge in [-0.05, 0) is 12.8 Å². The zero-order valence-corrected chi connectivity index (χ0v) is 13.4.